The molecule has 2 heteroatoms. The number of phenols is 1. The molecule has 20 heavy (non-hydrogen) atoms. The van der Waals surface area contributed by atoms with Gasteiger partial charge in [0.2, 0.25) is 0 Å². The number of ketones is 1. The van der Waals surface area contributed by atoms with E-state index in [4.69, 9.17) is 0 Å². The average Bonchev–Trinajstić information content (AvgIpc) is 2.48. The fraction of sp³-hybridized carbons (Fsp3) is 0.0556. The highest BCUT2D eigenvalue weighted by Crippen LogP contribution is 2.24. The standard InChI is InChI=1S/C18H16O2/c1-2-7-15-10-6-11-16(18(15)20)17(19)13-12-14-8-4-3-5-9-14/h2-13,20H,1H3/b7-2?,13-12+. The molecule has 0 saturated heterocycles. The number of hydrogen-bond acceptors (Lipinski definition) is 2. The van der Waals surface area contributed by atoms with Crippen LogP contribution >= 0.6 is 0 Å². The highest BCUT2D eigenvalue weighted by Gasteiger charge is 2.10. The number of carbonyl (C=O) groups excluding carboxylic acids is 1. The Morgan fingerprint density at radius 1 is 1.00 bits per heavy atom. The molecule has 0 radical (unpaired) electrons. The summed E-state index contributed by atoms with van der Waals surface area (Å²) in [5.41, 5.74) is 1.91. The van der Waals surface area contributed by atoms with Crippen LogP contribution in [0.15, 0.2) is 60.7 Å². The van der Waals surface area contributed by atoms with E-state index in [9.17, 15) is 9.90 Å². The lowest BCUT2D eigenvalue weighted by atomic mass is 10.0. The van der Waals surface area contributed by atoms with Crippen molar-refractivity contribution < 1.29 is 9.90 Å². The molecule has 2 aromatic carbocycles. The zero-order valence-corrected chi connectivity index (χ0v) is 11.3. The molecule has 0 aliphatic heterocycles. The Morgan fingerprint density at radius 3 is 2.45 bits per heavy atom. The normalized spacial score (nSPS) is 11.2. The van der Waals surface area contributed by atoms with Gasteiger partial charge in [0.05, 0.1) is 5.56 Å². The molecular formula is C18H16O2. The van der Waals surface area contributed by atoms with Gasteiger partial charge in [0.25, 0.3) is 0 Å². The first-order valence-electron chi connectivity index (χ1n) is 6.44. The Kier molecular flexibility index (Phi) is 4.51. The smallest absolute Gasteiger partial charge is 0.189 e. The van der Waals surface area contributed by atoms with Gasteiger partial charge in [-0.3, -0.25) is 4.79 Å². The number of aromatic hydroxyl groups is 1. The number of benzene rings is 2. The third-order valence-electron chi connectivity index (χ3n) is 2.91. The first-order valence-corrected chi connectivity index (χ1v) is 6.44. The van der Waals surface area contributed by atoms with E-state index in [1.807, 2.05) is 43.3 Å². The van der Waals surface area contributed by atoms with Gasteiger partial charge in [-0.25, -0.2) is 0 Å². The third-order valence-corrected chi connectivity index (χ3v) is 2.91. The SMILES string of the molecule is CC=Cc1cccc(C(=O)/C=C/c2ccccc2)c1O. The summed E-state index contributed by atoms with van der Waals surface area (Å²) in [6.45, 7) is 1.86. The lowest BCUT2D eigenvalue weighted by Gasteiger charge is -2.04. The molecule has 0 unspecified atom stereocenters. The van der Waals surface area contributed by atoms with Crippen molar-refractivity contribution in [1.29, 1.82) is 0 Å². The van der Waals surface area contributed by atoms with Crippen molar-refractivity contribution in [3.63, 3.8) is 0 Å². The van der Waals surface area contributed by atoms with Crippen LogP contribution < -0.4 is 0 Å². The molecule has 2 aromatic rings. The minimum atomic E-state index is -0.210. The molecule has 2 nitrogen and oxygen atoms in total. The van der Waals surface area contributed by atoms with Crippen LogP contribution in [0.4, 0.5) is 0 Å². The van der Waals surface area contributed by atoms with Gasteiger partial charge in [0.1, 0.15) is 5.75 Å². The van der Waals surface area contributed by atoms with E-state index < -0.39 is 0 Å². The van der Waals surface area contributed by atoms with E-state index in [0.29, 0.717) is 11.1 Å². The number of hydrogen-bond donors (Lipinski definition) is 1. The maximum atomic E-state index is 12.1. The highest BCUT2D eigenvalue weighted by molar-refractivity contribution is 6.09. The second kappa shape index (κ2) is 6.53. The van der Waals surface area contributed by atoms with Gasteiger partial charge in [-0.1, -0.05) is 60.7 Å². The van der Waals surface area contributed by atoms with Crippen LogP contribution in [0.2, 0.25) is 0 Å². The van der Waals surface area contributed by atoms with Gasteiger partial charge in [-0.2, -0.15) is 0 Å². The Balaban J connectivity index is 2.26. The quantitative estimate of drug-likeness (QED) is 0.659. The van der Waals surface area contributed by atoms with Crippen LogP contribution in [0.3, 0.4) is 0 Å². The van der Waals surface area contributed by atoms with E-state index in [0.717, 1.165) is 5.56 Å². The minimum absolute atomic E-state index is 0.0216. The van der Waals surface area contributed by atoms with Crippen molar-refractivity contribution in [1.82, 2.24) is 0 Å². The number of para-hydroxylation sites is 1. The summed E-state index contributed by atoms with van der Waals surface area (Å²) in [6, 6.07) is 14.7. The van der Waals surface area contributed by atoms with Gasteiger partial charge < -0.3 is 5.11 Å². The molecule has 0 bridgehead atoms. The molecule has 0 heterocycles. The van der Waals surface area contributed by atoms with E-state index in [2.05, 4.69) is 0 Å². The second-order valence-electron chi connectivity index (χ2n) is 4.35. The zero-order chi connectivity index (χ0) is 14.4. The molecule has 0 atom stereocenters. The van der Waals surface area contributed by atoms with Crippen molar-refractivity contribution in [2.45, 2.75) is 6.92 Å². The topological polar surface area (TPSA) is 37.3 Å². The fourth-order valence-corrected chi connectivity index (χ4v) is 1.90. The summed E-state index contributed by atoms with van der Waals surface area (Å²) in [5, 5.41) is 10.1. The van der Waals surface area contributed by atoms with E-state index in [1.54, 1.807) is 30.4 Å². The number of carbonyl (C=O) groups is 1. The van der Waals surface area contributed by atoms with Gasteiger partial charge >= 0.3 is 0 Å². The predicted molar refractivity (Wildman–Crippen MR) is 82.6 cm³/mol. The highest BCUT2D eigenvalue weighted by atomic mass is 16.3. The molecular weight excluding hydrogens is 248 g/mol. The first-order chi connectivity index (χ1) is 9.72. The van der Waals surface area contributed by atoms with Crippen molar-refractivity contribution in [3.8, 4) is 5.75 Å². The summed E-state index contributed by atoms with van der Waals surface area (Å²) in [7, 11) is 0. The Morgan fingerprint density at radius 2 is 1.75 bits per heavy atom. The molecule has 2 rings (SSSR count). The first kappa shape index (κ1) is 13.8. The Labute approximate surface area is 118 Å². The molecule has 0 aliphatic rings. The van der Waals surface area contributed by atoms with E-state index in [-0.39, 0.29) is 11.5 Å². The minimum Gasteiger partial charge on any atom is -0.507 e. The van der Waals surface area contributed by atoms with Crippen LogP contribution in [0, 0.1) is 0 Å². The van der Waals surface area contributed by atoms with E-state index >= 15 is 0 Å². The zero-order valence-electron chi connectivity index (χ0n) is 11.3. The molecule has 0 aromatic heterocycles. The van der Waals surface area contributed by atoms with Gasteiger partial charge in [0.15, 0.2) is 5.78 Å². The molecule has 0 amide bonds. The fourth-order valence-electron chi connectivity index (χ4n) is 1.90. The van der Waals surface area contributed by atoms with Gasteiger partial charge in [0, 0.05) is 5.56 Å². The third kappa shape index (κ3) is 3.23. The van der Waals surface area contributed by atoms with Gasteiger partial charge in [-0.15, -0.1) is 0 Å². The van der Waals surface area contributed by atoms with Gasteiger partial charge in [-0.05, 0) is 24.6 Å². The Bertz CT molecular complexity index is 652. The maximum absolute atomic E-state index is 12.1. The lowest BCUT2D eigenvalue weighted by Crippen LogP contribution is -1.95. The van der Waals surface area contributed by atoms with Crippen LogP contribution in [-0.2, 0) is 0 Å². The van der Waals surface area contributed by atoms with Crippen molar-refractivity contribution in [2.24, 2.45) is 0 Å². The average molecular weight is 264 g/mol. The molecule has 0 saturated carbocycles. The lowest BCUT2D eigenvalue weighted by molar-refractivity contribution is 0.104. The van der Waals surface area contributed by atoms with Crippen LogP contribution in [0.1, 0.15) is 28.4 Å². The molecule has 0 aliphatic carbocycles. The monoisotopic (exact) mass is 264 g/mol. The summed E-state index contributed by atoms with van der Waals surface area (Å²) in [6.07, 6.45) is 6.81. The largest absolute Gasteiger partial charge is 0.507 e. The summed E-state index contributed by atoms with van der Waals surface area (Å²) >= 11 is 0. The van der Waals surface area contributed by atoms with Crippen molar-refractivity contribution >= 4 is 17.9 Å². The maximum Gasteiger partial charge on any atom is 0.189 e. The summed E-state index contributed by atoms with van der Waals surface area (Å²) in [5.74, 6) is -0.189. The van der Waals surface area contributed by atoms with Crippen LogP contribution in [-0.4, -0.2) is 10.9 Å². The van der Waals surface area contributed by atoms with Crippen molar-refractivity contribution in [3.05, 3.63) is 77.4 Å². The summed E-state index contributed by atoms with van der Waals surface area (Å²) < 4.78 is 0. The van der Waals surface area contributed by atoms with Crippen molar-refractivity contribution in [2.75, 3.05) is 0 Å². The predicted octanol–water partition coefficient (Wildman–Crippen LogP) is 4.32. The number of allylic oxidation sites excluding steroid dienone is 2. The number of rotatable bonds is 4. The molecule has 0 fully saturated rings. The number of phenolic OH excluding ortho intramolecular Hbond substituents is 1. The molecule has 0 spiro atoms. The second-order valence-corrected chi connectivity index (χ2v) is 4.35. The van der Waals surface area contributed by atoms with Crippen LogP contribution in [0.25, 0.3) is 12.2 Å². The molecule has 100 valence electrons. The van der Waals surface area contributed by atoms with Crippen LogP contribution in [0.5, 0.6) is 5.75 Å². The van der Waals surface area contributed by atoms with E-state index in [1.165, 1.54) is 6.08 Å². The summed E-state index contributed by atoms with van der Waals surface area (Å²) in [4.78, 5) is 12.1. The molecule has 1 N–H and O–H groups in total. The Hall–Kier alpha value is -2.61.